The smallest absolute Gasteiger partial charge is 0.0541 e. The minimum absolute atomic E-state index is 0.0221. The van der Waals surface area contributed by atoms with Gasteiger partial charge in [-0.2, -0.15) is 0 Å². The van der Waals surface area contributed by atoms with Crippen molar-refractivity contribution in [3.8, 4) is 167 Å². The second-order valence-corrected chi connectivity index (χ2v) is 41.0. The van der Waals surface area contributed by atoms with Gasteiger partial charge in [-0.3, -0.25) is 0 Å². The molecule has 0 fully saturated rings. The number of rotatable bonds is 16. The normalized spacial score (nSPS) is 11.8. The molecular formula is C144H106N2. The molecule has 0 aliphatic heterocycles. The third kappa shape index (κ3) is 16.8. The molecule has 24 aromatic carbocycles. The first-order valence-corrected chi connectivity index (χ1v) is 51.0. The number of para-hydroxylation sites is 2. The third-order valence-corrected chi connectivity index (χ3v) is 30.0. The highest BCUT2D eigenvalue weighted by Crippen LogP contribution is 2.51. The Kier molecular flexibility index (Phi) is 22.9. The van der Waals surface area contributed by atoms with Crippen LogP contribution in [-0.4, -0.2) is 9.13 Å². The van der Waals surface area contributed by atoms with E-state index in [1.165, 1.54) is 254 Å². The largest absolute Gasteiger partial charge is 0.309 e. The lowest BCUT2D eigenvalue weighted by Crippen LogP contribution is -2.11. The molecule has 0 spiro atoms. The molecular weight excluding hydrogens is 1760 g/mol. The summed E-state index contributed by atoms with van der Waals surface area (Å²) in [4.78, 5) is 0. The number of hydrogen-bond donors (Lipinski definition) is 0. The van der Waals surface area contributed by atoms with E-state index in [9.17, 15) is 0 Å². The van der Waals surface area contributed by atoms with Crippen molar-refractivity contribution in [3.63, 3.8) is 0 Å². The highest BCUT2D eigenvalue weighted by molar-refractivity contribution is 6.25. The first-order chi connectivity index (χ1) is 71.6. The monoisotopic (exact) mass is 1860 g/mol. The highest BCUT2D eigenvalue weighted by atomic mass is 15.0. The molecule has 0 saturated carbocycles. The lowest BCUT2D eigenvalue weighted by Gasteiger charge is -2.25. The summed E-state index contributed by atoms with van der Waals surface area (Å²) >= 11 is 0. The highest BCUT2D eigenvalue weighted by Gasteiger charge is 2.27. The van der Waals surface area contributed by atoms with Gasteiger partial charge >= 0.3 is 0 Å². The molecule has 0 saturated heterocycles. The van der Waals surface area contributed by atoms with Crippen LogP contribution in [0.25, 0.3) is 254 Å². The molecule has 26 rings (SSSR count). The van der Waals surface area contributed by atoms with Gasteiger partial charge in [-0.15, -0.1) is 0 Å². The van der Waals surface area contributed by atoms with Gasteiger partial charge in [-0.1, -0.05) is 478 Å². The van der Waals surface area contributed by atoms with Crippen LogP contribution < -0.4 is 0 Å². The molecule has 2 aromatic heterocycles. The maximum atomic E-state index is 2.47. The fourth-order valence-corrected chi connectivity index (χ4v) is 22.3. The molecule has 0 N–H and O–H groups in total. The van der Waals surface area contributed by atoms with Crippen molar-refractivity contribution in [2.75, 3.05) is 0 Å². The van der Waals surface area contributed by atoms with Gasteiger partial charge in [-0.25, -0.2) is 0 Å². The molecule has 2 nitrogen and oxygen atoms in total. The van der Waals surface area contributed by atoms with E-state index >= 15 is 0 Å². The average Bonchev–Trinajstić information content (AvgIpc) is 1.13. The van der Waals surface area contributed by atoms with E-state index in [2.05, 4.69) is 585 Å². The molecule has 2 heterocycles. The Bertz CT molecular complexity index is 9390. The number of fused-ring (bicyclic) bond motifs is 10. The minimum Gasteiger partial charge on any atom is -0.309 e. The predicted molar refractivity (Wildman–Crippen MR) is 625 cm³/mol. The fourth-order valence-electron chi connectivity index (χ4n) is 22.3. The third-order valence-electron chi connectivity index (χ3n) is 30.0. The van der Waals surface area contributed by atoms with Crippen LogP contribution in [0.2, 0.25) is 0 Å². The van der Waals surface area contributed by atoms with Crippen LogP contribution in [0.4, 0.5) is 0 Å². The van der Waals surface area contributed by atoms with Crippen molar-refractivity contribution < 1.29 is 0 Å². The lowest BCUT2D eigenvalue weighted by molar-refractivity contribution is 0.590. The summed E-state index contributed by atoms with van der Waals surface area (Å²) < 4.78 is 4.79. The average molecular weight is 1860 g/mol. The standard InChI is InChI=1S/C76H61N.C68H45N/c1-75(2,3)62-41-43-66-69(48-62)73(58-34-30-55(31-35-58)53-24-22-52(23-25-53)50-16-10-7-11-17-50)65-42-40-63(76(4,5)6)49-70(65)74(66)59-36-32-56(33-37-59)54-26-28-57(29-27-54)61-39-45-72-68(47-61)67-46-60(51-18-12-8-13-19-51)38-44-71(67)77(72)64-20-14-9-15-21-64;1-6-16-46(17-7-1)54-35-39-60-63(44-54)67(52-22-12-4-13-23-52)59-38-34-55(47-18-8-2-9-19-47)45-64(59)68(60)53-32-30-50(31-33-53)49-26-28-51(29-27-49)57-37-41-66-62(43-57)61-42-56(48-20-10-3-11-21-48)36-40-65(61)69(66)58-24-14-5-15-25-58/h7-49H,1-6H3;1-45H. The summed E-state index contributed by atoms with van der Waals surface area (Å²) in [5.41, 5.74) is 43.8. The minimum atomic E-state index is -0.0247. The van der Waals surface area contributed by atoms with Crippen LogP contribution >= 0.6 is 0 Å². The van der Waals surface area contributed by atoms with Crippen LogP contribution in [0.3, 0.4) is 0 Å². The van der Waals surface area contributed by atoms with Crippen molar-refractivity contribution in [2.45, 2.75) is 52.4 Å². The molecule has 0 unspecified atom stereocenters. The summed E-state index contributed by atoms with van der Waals surface area (Å²) in [6, 6.07) is 197. The molecule has 0 radical (unpaired) electrons. The second-order valence-electron chi connectivity index (χ2n) is 41.0. The molecule has 146 heavy (non-hydrogen) atoms. The van der Waals surface area contributed by atoms with Crippen LogP contribution in [0, 0.1) is 0 Å². The Balaban J connectivity index is 0.000000153. The van der Waals surface area contributed by atoms with E-state index < -0.39 is 0 Å². The van der Waals surface area contributed by atoms with E-state index in [0.29, 0.717) is 0 Å². The van der Waals surface area contributed by atoms with E-state index in [0.717, 1.165) is 11.4 Å². The Labute approximate surface area is 854 Å². The van der Waals surface area contributed by atoms with Crippen LogP contribution in [0.5, 0.6) is 0 Å². The van der Waals surface area contributed by atoms with E-state index in [1.807, 2.05) is 0 Å². The van der Waals surface area contributed by atoms with Gasteiger partial charge < -0.3 is 9.13 Å². The lowest BCUT2D eigenvalue weighted by atomic mass is 9.79. The van der Waals surface area contributed by atoms with E-state index in [1.54, 1.807) is 0 Å². The fraction of sp³-hybridized carbons (Fsp3) is 0.0556. The molecule has 0 amide bonds. The van der Waals surface area contributed by atoms with Crippen LogP contribution in [0.15, 0.2) is 534 Å². The molecule has 2 heteroatoms. The van der Waals surface area contributed by atoms with Crippen molar-refractivity contribution in [1.29, 1.82) is 0 Å². The molecule has 26 aromatic rings. The first kappa shape index (κ1) is 89.3. The number of aromatic nitrogens is 2. The molecule has 0 aliphatic carbocycles. The zero-order valence-electron chi connectivity index (χ0n) is 82.7. The Morgan fingerprint density at radius 3 is 0.493 bits per heavy atom. The summed E-state index contributed by atoms with van der Waals surface area (Å²) in [6.07, 6.45) is 0. The summed E-state index contributed by atoms with van der Waals surface area (Å²) in [7, 11) is 0. The number of hydrogen-bond acceptors (Lipinski definition) is 0. The van der Waals surface area contributed by atoms with Gasteiger partial charge in [0.2, 0.25) is 0 Å². The Morgan fingerprint density at radius 1 is 0.116 bits per heavy atom. The van der Waals surface area contributed by atoms with Gasteiger partial charge in [0.15, 0.2) is 0 Å². The SMILES string of the molecule is CC(C)(C)c1ccc2c(-c3ccc(-c4ccc(-c5ccc6c(c5)c5cc(-c7ccccc7)ccc5n6-c5ccccc5)cc4)cc3)c3cc(C(C)(C)C)ccc3c(-c3ccc(-c4ccc(-c5ccccc5)cc4)cc3)c2c1.c1ccc(-c2ccc3c(-c4ccc(-c5ccc(-c6ccc7c(c6)c6cc(-c8ccccc8)ccc6n7-c6ccccc6)cc5)cc4)c4cc(-c5ccccc5)ccc4c(-c4ccccc4)c3c2)cc1. The second kappa shape index (κ2) is 37.4. The molecule has 692 valence electrons. The zero-order chi connectivity index (χ0) is 98.1. The van der Waals surface area contributed by atoms with Crippen LogP contribution in [0.1, 0.15) is 52.7 Å². The Morgan fingerprint density at radius 2 is 0.267 bits per heavy atom. The zero-order valence-corrected chi connectivity index (χ0v) is 82.7. The van der Waals surface area contributed by atoms with Gasteiger partial charge in [0.1, 0.15) is 0 Å². The van der Waals surface area contributed by atoms with Crippen molar-refractivity contribution in [1.82, 2.24) is 9.13 Å². The van der Waals surface area contributed by atoms with E-state index in [-0.39, 0.29) is 10.8 Å². The first-order valence-electron chi connectivity index (χ1n) is 51.0. The Hall–Kier alpha value is -18.1. The van der Waals surface area contributed by atoms with Crippen molar-refractivity contribution in [2.24, 2.45) is 0 Å². The topological polar surface area (TPSA) is 9.86 Å². The molecule has 0 aliphatic rings. The van der Waals surface area contributed by atoms with Crippen molar-refractivity contribution >= 4 is 86.7 Å². The number of nitrogens with zero attached hydrogens (tertiary/aromatic N) is 2. The molecule has 0 atom stereocenters. The maximum Gasteiger partial charge on any atom is 0.0541 e. The predicted octanol–water partition coefficient (Wildman–Crippen LogP) is 40.1. The van der Waals surface area contributed by atoms with Gasteiger partial charge in [0, 0.05) is 32.9 Å². The molecule has 0 bridgehead atoms. The van der Waals surface area contributed by atoms with E-state index in [4.69, 9.17) is 0 Å². The van der Waals surface area contributed by atoms with Gasteiger partial charge in [0.25, 0.3) is 0 Å². The quantitative estimate of drug-likeness (QED) is 0.0854. The van der Waals surface area contributed by atoms with Crippen molar-refractivity contribution in [3.05, 3.63) is 545 Å². The maximum absolute atomic E-state index is 2.47. The summed E-state index contributed by atoms with van der Waals surface area (Å²) in [5, 5.41) is 15.1. The van der Waals surface area contributed by atoms with Gasteiger partial charge in [0.05, 0.1) is 22.1 Å². The van der Waals surface area contributed by atoms with Crippen LogP contribution in [-0.2, 0) is 10.8 Å². The number of benzene rings is 24. The summed E-state index contributed by atoms with van der Waals surface area (Å²) in [5.74, 6) is 0. The summed E-state index contributed by atoms with van der Waals surface area (Å²) in [6.45, 7) is 13.9. The van der Waals surface area contributed by atoms with Gasteiger partial charge in [-0.05, 0) is 318 Å².